The second-order valence-electron chi connectivity index (χ2n) is 8.56. The molecule has 4 nitrogen and oxygen atoms in total. The molecule has 0 aliphatic carbocycles. The van der Waals surface area contributed by atoms with Crippen LogP contribution in [0.1, 0.15) is 56.4 Å². The minimum atomic E-state index is -0.439. The van der Waals surface area contributed by atoms with E-state index in [4.69, 9.17) is 4.74 Å². The highest BCUT2D eigenvalue weighted by Crippen LogP contribution is 2.31. The van der Waals surface area contributed by atoms with Crippen molar-refractivity contribution < 1.29 is 9.53 Å². The lowest BCUT2D eigenvalue weighted by Crippen LogP contribution is -2.56. The summed E-state index contributed by atoms with van der Waals surface area (Å²) in [5.41, 5.74) is 0.956. The van der Waals surface area contributed by atoms with Gasteiger partial charge in [-0.2, -0.15) is 0 Å². The second-order valence-corrected chi connectivity index (χ2v) is 9.91. The molecule has 1 aromatic rings. The fourth-order valence-electron chi connectivity index (χ4n) is 3.18. The minimum Gasteiger partial charge on any atom is -0.444 e. The predicted molar refractivity (Wildman–Crippen MR) is 101 cm³/mol. The zero-order valence-corrected chi connectivity index (χ0v) is 17.0. The third kappa shape index (κ3) is 4.96. The molecule has 2 heterocycles. The number of hydrogen-bond donors (Lipinski definition) is 1. The van der Waals surface area contributed by atoms with E-state index in [0.29, 0.717) is 6.04 Å². The highest BCUT2D eigenvalue weighted by Gasteiger charge is 2.38. The van der Waals surface area contributed by atoms with Gasteiger partial charge >= 0.3 is 6.09 Å². The lowest BCUT2D eigenvalue weighted by Gasteiger charge is -2.44. The van der Waals surface area contributed by atoms with Gasteiger partial charge in [-0.05, 0) is 58.1 Å². The third-order valence-electron chi connectivity index (χ3n) is 4.62. The van der Waals surface area contributed by atoms with Crippen LogP contribution in [0.2, 0.25) is 0 Å². The van der Waals surface area contributed by atoms with Crippen molar-refractivity contribution in [3.63, 3.8) is 0 Å². The van der Waals surface area contributed by atoms with Crippen molar-refractivity contribution >= 4 is 17.4 Å². The predicted octanol–water partition coefficient (Wildman–Crippen LogP) is 4.49. The molecule has 5 heteroatoms. The Balaban J connectivity index is 1.92. The number of thiophene rings is 1. The van der Waals surface area contributed by atoms with Crippen molar-refractivity contribution in [2.24, 2.45) is 5.41 Å². The number of nitrogens with one attached hydrogen (secondary N) is 1. The first-order valence-corrected chi connectivity index (χ1v) is 9.57. The van der Waals surface area contributed by atoms with Crippen LogP contribution in [0.5, 0.6) is 0 Å². The zero-order chi connectivity index (χ0) is 18.1. The molecular weight excluding hydrogens is 320 g/mol. The van der Waals surface area contributed by atoms with Gasteiger partial charge in [0.25, 0.3) is 0 Å². The Morgan fingerprint density at radius 1 is 1.42 bits per heavy atom. The summed E-state index contributed by atoms with van der Waals surface area (Å²) in [5.74, 6) is 0. The Kier molecular flexibility index (Phi) is 5.65. The summed E-state index contributed by atoms with van der Waals surface area (Å²) >= 11 is 1.87. The van der Waals surface area contributed by atoms with E-state index in [9.17, 15) is 4.79 Å². The van der Waals surface area contributed by atoms with E-state index in [-0.39, 0.29) is 11.5 Å². The van der Waals surface area contributed by atoms with Crippen molar-refractivity contribution in [1.29, 1.82) is 0 Å². The highest BCUT2D eigenvalue weighted by atomic mass is 32.1. The van der Waals surface area contributed by atoms with Crippen molar-refractivity contribution in [2.45, 2.75) is 73.1 Å². The molecule has 1 aromatic heterocycles. The highest BCUT2D eigenvalue weighted by molar-refractivity contribution is 7.12. The molecule has 2 rings (SSSR count). The summed E-state index contributed by atoms with van der Waals surface area (Å²) in [4.78, 5) is 16.9. The maximum absolute atomic E-state index is 12.3. The van der Waals surface area contributed by atoms with Crippen LogP contribution in [0.15, 0.2) is 6.07 Å². The topological polar surface area (TPSA) is 41.6 Å². The van der Waals surface area contributed by atoms with E-state index in [2.05, 4.69) is 39.1 Å². The van der Waals surface area contributed by atoms with Crippen LogP contribution in [0.3, 0.4) is 0 Å². The van der Waals surface area contributed by atoms with Crippen LogP contribution in [0.4, 0.5) is 4.79 Å². The van der Waals surface area contributed by atoms with E-state index in [1.807, 2.05) is 37.0 Å². The molecule has 0 radical (unpaired) electrons. The monoisotopic (exact) mass is 352 g/mol. The van der Waals surface area contributed by atoms with E-state index in [0.717, 1.165) is 26.1 Å². The SMILES string of the molecule is Cc1cc(CNC2CCN(C(=O)OC(C)(C)C)CC2(C)C)sc1C. The summed E-state index contributed by atoms with van der Waals surface area (Å²) in [6.07, 6.45) is 0.758. The van der Waals surface area contributed by atoms with Gasteiger partial charge in [-0.15, -0.1) is 11.3 Å². The van der Waals surface area contributed by atoms with Gasteiger partial charge in [-0.25, -0.2) is 4.79 Å². The third-order valence-corrected chi connectivity index (χ3v) is 5.77. The summed E-state index contributed by atoms with van der Waals surface area (Å²) < 4.78 is 5.52. The Hall–Kier alpha value is -1.07. The summed E-state index contributed by atoms with van der Waals surface area (Å²) in [6.45, 7) is 16.9. The quantitative estimate of drug-likeness (QED) is 0.871. The van der Waals surface area contributed by atoms with Gasteiger partial charge in [-0.1, -0.05) is 13.8 Å². The van der Waals surface area contributed by atoms with Crippen molar-refractivity contribution in [3.8, 4) is 0 Å². The molecule has 1 amide bonds. The Morgan fingerprint density at radius 3 is 2.58 bits per heavy atom. The molecule has 1 aliphatic heterocycles. The number of nitrogens with zero attached hydrogens (tertiary/aromatic N) is 1. The van der Waals surface area contributed by atoms with E-state index >= 15 is 0 Å². The van der Waals surface area contributed by atoms with Crippen LogP contribution in [-0.2, 0) is 11.3 Å². The summed E-state index contributed by atoms with van der Waals surface area (Å²) in [7, 11) is 0. The van der Waals surface area contributed by atoms with Gasteiger partial charge in [0.15, 0.2) is 0 Å². The number of carbonyl (C=O) groups excluding carboxylic acids is 1. The smallest absolute Gasteiger partial charge is 0.410 e. The van der Waals surface area contributed by atoms with Gasteiger partial charge in [-0.3, -0.25) is 0 Å². The first-order chi connectivity index (χ1) is 11.0. The fourth-order valence-corrected chi connectivity index (χ4v) is 4.18. The molecular formula is C19H32N2O2S. The number of hydrogen-bond acceptors (Lipinski definition) is 4. The molecule has 0 spiro atoms. The number of rotatable bonds is 3. The number of piperidine rings is 1. The summed E-state index contributed by atoms with van der Waals surface area (Å²) in [6, 6.07) is 2.68. The zero-order valence-electron chi connectivity index (χ0n) is 16.2. The Labute approximate surface area is 150 Å². The molecule has 136 valence electrons. The van der Waals surface area contributed by atoms with Crippen LogP contribution >= 0.6 is 11.3 Å². The lowest BCUT2D eigenvalue weighted by atomic mass is 9.79. The maximum Gasteiger partial charge on any atom is 0.410 e. The molecule has 1 atom stereocenters. The number of amides is 1. The first kappa shape index (κ1) is 19.3. The van der Waals surface area contributed by atoms with E-state index in [1.54, 1.807) is 0 Å². The van der Waals surface area contributed by atoms with Crippen molar-refractivity contribution in [2.75, 3.05) is 13.1 Å². The van der Waals surface area contributed by atoms with Gasteiger partial charge in [0.2, 0.25) is 0 Å². The molecule has 0 bridgehead atoms. The van der Waals surface area contributed by atoms with Crippen LogP contribution in [-0.4, -0.2) is 35.7 Å². The average molecular weight is 353 g/mol. The standard InChI is InChI=1S/C19H32N2O2S/c1-13-10-15(24-14(13)2)11-20-16-8-9-21(12-19(16,6)7)17(22)23-18(3,4)5/h10,16,20H,8-9,11-12H2,1-7H3. The van der Waals surface area contributed by atoms with E-state index < -0.39 is 5.60 Å². The maximum atomic E-state index is 12.3. The average Bonchev–Trinajstić information content (AvgIpc) is 2.73. The van der Waals surface area contributed by atoms with Crippen molar-refractivity contribution in [1.82, 2.24) is 10.2 Å². The molecule has 1 unspecified atom stereocenters. The number of ether oxygens (including phenoxy) is 1. The second kappa shape index (κ2) is 7.04. The van der Waals surface area contributed by atoms with Crippen LogP contribution in [0.25, 0.3) is 0 Å². The van der Waals surface area contributed by atoms with E-state index in [1.165, 1.54) is 15.3 Å². The largest absolute Gasteiger partial charge is 0.444 e. The van der Waals surface area contributed by atoms with Crippen molar-refractivity contribution in [3.05, 3.63) is 21.4 Å². The van der Waals surface area contributed by atoms with Crippen LogP contribution < -0.4 is 5.32 Å². The Morgan fingerprint density at radius 2 is 2.08 bits per heavy atom. The normalized spacial score (nSPS) is 21.0. The lowest BCUT2D eigenvalue weighted by molar-refractivity contribution is 0.00210. The van der Waals surface area contributed by atoms with Crippen LogP contribution in [0, 0.1) is 19.3 Å². The number of carbonyl (C=O) groups is 1. The van der Waals surface area contributed by atoms with Gasteiger partial charge < -0.3 is 15.0 Å². The minimum absolute atomic E-state index is 0.0243. The van der Waals surface area contributed by atoms with Gasteiger partial charge in [0, 0.05) is 35.4 Å². The Bertz CT molecular complexity index is 567. The fraction of sp³-hybridized carbons (Fsp3) is 0.737. The van der Waals surface area contributed by atoms with Gasteiger partial charge in [0.1, 0.15) is 5.60 Å². The molecule has 1 saturated heterocycles. The summed E-state index contributed by atoms with van der Waals surface area (Å²) in [5, 5.41) is 3.71. The molecule has 0 saturated carbocycles. The molecule has 1 N–H and O–H groups in total. The molecule has 0 aromatic carbocycles. The number of likely N-dealkylation sites (tertiary alicyclic amines) is 1. The molecule has 1 fully saturated rings. The molecule has 24 heavy (non-hydrogen) atoms. The first-order valence-electron chi connectivity index (χ1n) is 8.75. The molecule has 1 aliphatic rings. The number of aryl methyl sites for hydroxylation is 2. The van der Waals surface area contributed by atoms with Gasteiger partial charge in [0.05, 0.1) is 0 Å².